The van der Waals surface area contributed by atoms with Crippen molar-refractivity contribution in [2.75, 3.05) is 0 Å². The first kappa shape index (κ1) is 64.4. The Hall–Kier alpha value is -4.18. The van der Waals surface area contributed by atoms with Crippen LogP contribution in [0, 0.1) is 10.8 Å². The average molecular weight is 693 g/mol. The molecule has 4 nitrogen and oxygen atoms in total. The van der Waals surface area contributed by atoms with Crippen LogP contribution in [0.1, 0.15) is 150 Å². The van der Waals surface area contributed by atoms with E-state index in [2.05, 4.69) is 24.3 Å². The Morgan fingerprint density at radius 3 is 0.600 bits per heavy atom. The summed E-state index contributed by atoms with van der Waals surface area (Å²) in [7, 11) is 0. The summed E-state index contributed by atoms with van der Waals surface area (Å²) >= 11 is 0. The van der Waals surface area contributed by atoms with Crippen molar-refractivity contribution in [1.29, 1.82) is 10.8 Å². The molecule has 4 aromatic rings. The van der Waals surface area contributed by atoms with E-state index in [0.29, 0.717) is 0 Å². The molecule has 6 N–H and O–H groups in total. The van der Waals surface area contributed by atoms with Crippen LogP contribution in [0.15, 0.2) is 109 Å². The quantitative estimate of drug-likeness (QED) is 0.126. The van der Waals surface area contributed by atoms with Crippen LogP contribution in [-0.4, -0.2) is 11.7 Å². The summed E-state index contributed by atoms with van der Waals surface area (Å²) in [6.07, 6.45) is 0. The number of nitrogen functional groups attached to an aromatic ring is 2. The first-order chi connectivity index (χ1) is 24.5. The predicted octanol–water partition coefficient (Wildman–Crippen LogP) is 15.5. The van der Waals surface area contributed by atoms with Crippen LogP contribution in [0.25, 0.3) is 22.3 Å². The number of benzene rings is 4. The maximum atomic E-state index is 7.29. The molecule has 0 atom stereocenters. The molecule has 0 fully saturated rings. The third-order valence-electron chi connectivity index (χ3n) is 4.61. The Bertz CT molecular complexity index is 1010. The lowest BCUT2D eigenvalue weighted by Crippen LogP contribution is -2.10. The van der Waals surface area contributed by atoms with Crippen molar-refractivity contribution in [3.63, 3.8) is 0 Å². The van der Waals surface area contributed by atoms with Gasteiger partial charge in [0.25, 0.3) is 0 Å². The molecule has 0 radical (unpaired) electrons. The Kier molecular flexibility index (Phi) is 77.4. The molecule has 0 saturated heterocycles. The normalized spacial score (nSPS) is 7.12. The number of nitrogens with two attached hydrogens (primary N) is 2. The summed E-state index contributed by atoms with van der Waals surface area (Å²) in [6.45, 7) is 40.0. The van der Waals surface area contributed by atoms with Gasteiger partial charge in [0, 0.05) is 11.1 Å². The van der Waals surface area contributed by atoms with Crippen LogP contribution in [0.3, 0.4) is 0 Å². The topological polar surface area (TPSA) is 99.7 Å². The van der Waals surface area contributed by atoms with E-state index in [1.165, 1.54) is 11.1 Å². The second-order valence-electron chi connectivity index (χ2n) is 6.71. The van der Waals surface area contributed by atoms with Crippen LogP contribution < -0.4 is 11.5 Å². The molecule has 0 bridgehead atoms. The molecule has 0 aromatic heterocycles. The highest BCUT2D eigenvalue weighted by Gasteiger charge is 1.99. The van der Waals surface area contributed by atoms with Gasteiger partial charge in [-0.05, 0) is 22.3 Å². The van der Waals surface area contributed by atoms with Crippen molar-refractivity contribution >= 4 is 11.7 Å². The van der Waals surface area contributed by atoms with Gasteiger partial charge in [-0.3, -0.25) is 10.8 Å². The second-order valence-corrected chi connectivity index (χ2v) is 6.71. The van der Waals surface area contributed by atoms with E-state index in [1.54, 1.807) is 0 Å². The maximum Gasteiger partial charge on any atom is 0.122 e. The lowest BCUT2D eigenvalue weighted by Gasteiger charge is -2.02. The van der Waals surface area contributed by atoms with Crippen molar-refractivity contribution < 1.29 is 0 Å². The number of hydrogen-bond acceptors (Lipinski definition) is 2. The van der Waals surface area contributed by atoms with Gasteiger partial charge in [0.2, 0.25) is 0 Å². The van der Waals surface area contributed by atoms with Crippen LogP contribution >= 0.6 is 0 Å². The lowest BCUT2D eigenvalue weighted by molar-refractivity contribution is 1.42. The van der Waals surface area contributed by atoms with Gasteiger partial charge in [-0.25, -0.2) is 0 Å². The minimum absolute atomic E-state index is 0.106. The summed E-state index contributed by atoms with van der Waals surface area (Å²) in [5.41, 5.74) is 16.9. The molecular formula is C46H84N4. The van der Waals surface area contributed by atoms with E-state index in [1.807, 2.05) is 223 Å². The number of hydrogen-bond donors (Lipinski definition) is 4. The molecule has 0 spiro atoms. The predicted molar refractivity (Wildman–Crippen MR) is 239 cm³/mol. The minimum Gasteiger partial charge on any atom is -0.384 e. The van der Waals surface area contributed by atoms with Crippen molar-refractivity contribution in [1.82, 2.24) is 0 Å². The highest BCUT2D eigenvalue weighted by atomic mass is 14.7. The van der Waals surface area contributed by atoms with E-state index in [9.17, 15) is 0 Å². The van der Waals surface area contributed by atoms with Gasteiger partial charge in [0.15, 0.2) is 0 Å². The molecule has 0 amide bonds. The third-order valence-corrected chi connectivity index (χ3v) is 4.61. The first-order valence-corrected chi connectivity index (χ1v) is 19.5. The molecule has 4 heteroatoms. The second kappa shape index (κ2) is 60.2. The summed E-state index contributed by atoms with van der Waals surface area (Å²) in [4.78, 5) is 0. The summed E-state index contributed by atoms with van der Waals surface area (Å²) in [5.74, 6) is 0.212. The van der Waals surface area contributed by atoms with Gasteiger partial charge in [0.1, 0.15) is 11.7 Å². The van der Waals surface area contributed by atoms with E-state index in [-0.39, 0.29) is 11.7 Å². The molecule has 0 unspecified atom stereocenters. The zero-order chi connectivity index (χ0) is 41.3. The Morgan fingerprint density at radius 2 is 0.440 bits per heavy atom. The van der Waals surface area contributed by atoms with Crippen LogP contribution in [0.4, 0.5) is 0 Å². The van der Waals surface area contributed by atoms with E-state index in [0.717, 1.165) is 22.3 Å². The number of amidine groups is 2. The molecule has 0 aliphatic rings. The minimum atomic E-state index is 0.106. The Balaban J connectivity index is -0.0000000786. The van der Waals surface area contributed by atoms with E-state index >= 15 is 0 Å². The van der Waals surface area contributed by atoms with Crippen molar-refractivity contribution in [2.45, 2.75) is 138 Å². The van der Waals surface area contributed by atoms with Crippen molar-refractivity contribution in [3.05, 3.63) is 120 Å². The van der Waals surface area contributed by atoms with Crippen LogP contribution in [0.5, 0.6) is 0 Å². The van der Waals surface area contributed by atoms with Crippen molar-refractivity contribution in [2.24, 2.45) is 11.5 Å². The zero-order valence-corrected chi connectivity index (χ0v) is 36.5. The van der Waals surface area contributed by atoms with Gasteiger partial charge in [0.05, 0.1) is 0 Å². The van der Waals surface area contributed by atoms with Crippen molar-refractivity contribution in [3.8, 4) is 22.3 Å². The van der Waals surface area contributed by atoms with Gasteiger partial charge in [-0.2, -0.15) is 0 Å². The lowest BCUT2D eigenvalue weighted by atomic mass is 10.0. The number of rotatable bonds is 4. The van der Waals surface area contributed by atoms with Gasteiger partial charge < -0.3 is 11.5 Å². The number of nitrogens with one attached hydrogen (secondary N) is 2. The first-order valence-electron chi connectivity index (χ1n) is 19.5. The zero-order valence-electron chi connectivity index (χ0n) is 36.5. The molecule has 50 heavy (non-hydrogen) atoms. The molecule has 4 rings (SSSR count). The van der Waals surface area contributed by atoms with Crippen LogP contribution in [0.2, 0.25) is 0 Å². The molecule has 0 aliphatic carbocycles. The van der Waals surface area contributed by atoms with Crippen LogP contribution in [-0.2, 0) is 0 Å². The average Bonchev–Trinajstić information content (AvgIpc) is 3.26. The third kappa shape index (κ3) is 35.1. The van der Waals surface area contributed by atoms with E-state index < -0.39 is 0 Å². The molecule has 0 saturated carbocycles. The summed E-state index contributed by atoms with van der Waals surface area (Å²) < 4.78 is 0. The van der Waals surface area contributed by atoms with Gasteiger partial charge in [-0.15, -0.1) is 0 Å². The molecule has 4 aromatic carbocycles. The molecule has 0 aliphatic heterocycles. The van der Waals surface area contributed by atoms with Gasteiger partial charge in [-0.1, -0.05) is 248 Å². The summed E-state index contributed by atoms with van der Waals surface area (Å²) in [5, 5.41) is 14.6. The molecule has 0 heterocycles. The SMILES string of the molecule is CC.CC.CC.CC.CC.CC.CC.CC.CC.CC.N=C(N)c1ccc(-c2ccccc2)cc1.N=C(N)c1ccc(-c2ccccc2)cc1. The smallest absolute Gasteiger partial charge is 0.122 e. The fraction of sp³-hybridized carbons (Fsp3) is 0.435. The standard InChI is InChI=1S/2C13H12N2.10C2H6/c2*14-13(15)12-8-6-11(7-9-12)10-4-2-1-3-5-10;10*1-2/h2*1-9H,(H3,14,15);10*1-2H3. The molecular weight excluding hydrogens is 609 g/mol. The Labute approximate surface area is 314 Å². The van der Waals surface area contributed by atoms with E-state index in [4.69, 9.17) is 22.3 Å². The monoisotopic (exact) mass is 693 g/mol. The highest BCUT2D eigenvalue weighted by Crippen LogP contribution is 2.19. The molecule has 288 valence electrons. The van der Waals surface area contributed by atoms with Gasteiger partial charge >= 0.3 is 0 Å². The fourth-order valence-corrected chi connectivity index (χ4v) is 2.95. The maximum absolute atomic E-state index is 7.29. The summed E-state index contributed by atoms with van der Waals surface area (Å²) in [6, 6.07) is 35.6. The highest BCUT2D eigenvalue weighted by molar-refractivity contribution is 5.95. The largest absolute Gasteiger partial charge is 0.384 e. The Morgan fingerprint density at radius 1 is 0.280 bits per heavy atom. The fourth-order valence-electron chi connectivity index (χ4n) is 2.95.